The van der Waals surface area contributed by atoms with E-state index in [1.165, 1.54) is 0 Å². The molecule has 3 heterocycles. The van der Waals surface area contributed by atoms with Crippen LogP contribution in [0.25, 0.3) is 5.57 Å². The average Bonchev–Trinajstić information content (AvgIpc) is 3.13. The van der Waals surface area contributed by atoms with Crippen LogP contribution in [-0.4, -0.2) is 47.6 Å². The van der Waals surface area contributed by atoms with Crippen molar-refractivity contribution in [2.24, 2.45) is 17.6 Å². The van der Waals surface area contributed by atoms with E-state index in [9.17, 15) is 10.4 Å². The van der Waals surface area contributed by atoms with Gasteiger partial charge in [0.05, 0.1) is 16.9 Å². The highest BCUT2D eigenvalue weighted by Crippen LogP contribution is 2.45. The fourth-order valence-corrected chi connectivity index (χ4v) is 3.92. The molecule has 1 aromatic heterocycles. The summed E-state index contributed by atoms with van der Waals surface area (Å²) in [5.74, 6) is 2.60. The number of hydrogen-bond donors (Lipinski definition) is 4. The summed E-state index contributed by atoms with van der Waals surface area (Å²) in [5, 5.41) is 30.0. The lowest BCUT2D eigenvalue weighted by Crippen LogP contribution is -2.28. The maximum absolute atomic E-state index is 9.92. The molecule has 3 atom stereocenters. The van der Waals surface area contributed by atoms with Crippen LogP contribution in [0.15, 0.2) is 47.6 Å². The molecule has 1 saturated heterocycles. The van der Waals surface area contributed by atoms with Crippen molar-refractivity contribution in [1.29, 1.82) is 10.7 Å². The highest BCUT2D eigenvalue weighted by Gasteiger charge is 2.53. The zero-order valence-corrected chi connectivity index (χ0v) is 17.1. The zero-order chi connectivity index (χ0) is 21.5. The van der Waals surface area contributed by atoms with Crippen LogP contribution in [-0.2, 0) is 4.74 Å². The Labute approximate surface area is 175 Å². The van der Waals surface area contributed by atoms with Crippen molar-refractivity contribution in [1.82, 2.24) is 10.3 Å². The number of ether oxygens (including phenoxy) is 1. The molecule has 8 heteroatoms. The number of nitrogens with zero attached hydrogens (tertiary/aromatic N) is 3. The van der Waals surface area contributed by atoms with Gasteiger partial charge in [-0.05, 0) is 43.9 Å². The maximum Gasteiger partial charge on any atom is 0.136 e. The van der Waals surface area contributed by atoms with Gasteiger partial charge in [-0.2, -0.15) is 5.26 Å². The molecule has 156 valence electrons. The van der Waals surface area contributed by atoms with E-state index in [1.807, 2.05) is 18.2 Å². The predicted molar refractivity (Wildman–Crippen MR) is 114 cm³/mol. The molecule has 30 heavy (non-hydrogen) atoms. The van der Waals surface area contributed by atoms with Gasteiger partial charge in [0.2, 0.25) is 0 Å². The minimum absolute atomic E-state index is 0.121. The van der Waals surface area contributed by atoms with Crippen molar-refractivity contribution in [3.63, 3.8) is 0 Å². The standard InChI is InChI=1S/C22H26N6O2/c1-22(2,29)12-30-15-5-16(21(27-9-15)14(6-23)7-24)13-3-4-19(26-8-13)28-10-17-18(11-28)20(17)25/h3-6,8-9,17-18,20,23,27,29H,10-12,25H2,1-2H3/b21-14+,23-6?/t17-,18?,20+/m0/s1. The summed E-state index contributed by atoms with van der Waals surface area (Å²) in [5.41, 5.74) is 7.28. The van der Waals surface area contributed by atoms with Gasteiger partial charge in [-0.15, -0.1) is 0 Å². The lowest BCUT2D eigenvalue weighted by molar-refractivity contribution is 0.00548. The van der Waals surface area contributed by atoms with Gasteiger partial charge in [0.25, 0.3) is 0 Å². The number of aromatic nitrogens is 1. The molecule has 8 nitrogen and oxygen atoms in total. The Balaban J connectivity index is 1.59. The summed E-state index contributed by atoms with van der Waals surface area (Å²) in [6.45, 7) is 5.34. The SMILES string of the molecule is CC(C)(O)COC1=CN/C(=C(/C#N)C=N)C(c2ccc(N3CC4[C@H](N)[C@H]4C3)nc2)=C1. The summed E-state index contributed by atoms with van der Waals surface area (Å²) in [6, 6.07) is 6.31. The van der Waals surface area contributed by atoms with Crippen LogP contribution in [0.1, 0.15) is 19.4 Å². The van der Waals surface area contributed by atoms with E-state index in [-0.39, 0.29) is 12.2 Å². The number of fused-ring (bicyclic) bond motifs is 1. The highest BCUT2D eigenvalue weighted by atomic mass is 16.5. The number of pyridine rings is 1. The fraction of sp³-hybridized carbons (Fsp3) is 0.409. The summed E-state index contributed by atoms with van der Waals surface area (Å²) in [7, 11) is 0. The Morgan fingerprint density at radius 2 is 2.20 bits per heavy atom. The Morgan fingerprint density at radius 1 is 1.47 bits per heavy atom. The summed E-state index contributed by atoms with van der Waals surface area (Å²) >= 11 is 0. The smallest absolute Gasteiger partial charge is 0.136 e. The van der Waals surface area contributed by atoms with Gasteiger partial charge < -0.3 is 31.2 Å². The van der Waals surface area contributed by atoms with Crippen LogP contribution in [0.4, 0.5) is 5.82 Å². The van der Waals surface area contributed by atoms with Gasteiger partial charge in [0, 0.05) is 48.9 Å². The molecular formula is C22H26N6O2. The number of dihydropyridines is 1. The first-order chi connectivity index (χ1) is 14.3. The molecule has 5 N–H and O–H groups in total. The summed E-state index contributed by atoms with van der Waals surface area (Å²) in [6.07, 6.45) is 6.20. The third kappa shape index (κ3) is 3.95. The molecule has 1 aliphatic carbocycles. The predicted octanol–water partition coefficient (Wildman–Crippen LogP) is 1.52. The minimum Gasteiger partial charge on any atom is -0.489 e. The van der Waals surface area contributed by atoms with Crippen molar-refractivity contribution in [3.8, 4) is 6.07 Å². The lowest BCUT2D eigenvalue weighted by atomic mass is 9.98. The molecule has 4 rings (SSSR count). The van der Waals surface area contributed by atoms with Crippen molar-refractivity contribution >= 4 is 17.6 Å². The van der Waals surface area contributed by atoms with Crippen LogP contribution in [0.5, 0.6) is 0 Å². The Hall–Kier alpha value is -3.15. The lowest BCUT2D eigenvalue weighted by Gasteiger charge is -2.24. The molecule has 0 amide bonds. The van der Waals surface area contributed by atoms with E-state index in [1.54, 1.807) is 32.3 Å². The molecular weight excluding hydrogens is 380 g/mol. The molecule has 0 spiro atoms. The average molecular weight is 406 g/mol. The molecule has 0 bridgehead atoms. The van der Waals surface area contributed by atoms with Gasteiger partial charge in [-0.3, -0.25) is 0 Å². The van der Waals surface area contributed by atoms with Gasteiger partial charge in [-0.25, -0.2) is 4.98 Å². The number of nitriles is 1. The third-order valence-electron chi connectivity index (χ3n) is 5.68. The number of anilines is 1. The quantitative estimate of drug-likeness (QED) is 0.416. The van der Waals surface area contributed by atoms with Gasteiger partial charge in [0.1, 0.15) is 24.3 Å². The Kier molecular flexibility index (Phi) is 5.10. The molecule has 0 aromatic carbocycles. The number of hydrogen-bond acceptors (Lipinski definition) is 8. The van der Waals surface area contributed by atoms with Gasteiger partial charge in [-0.1, -0.05) is 0 Å². The topological polar surface area (TPSA) is 131 Å². The number of rotatable bonds is 6. The van der Waals surface area contributed by atoms with E-state index in [0.717, 1.165) is 30.7 Å². The largest absolute Gasteiger partial charge is 0.489 e. The van der Waals surface area contributed by atoms with Crippen molar-refractivity contribution in [3.05, 3.63) is 53.2 Å². The first-order valence-corrected chi connectivity index (χ1v) is 9.96. The van der Waals surface area contributed by atoms with Gasteiger partial charge >= 0.3 is 0 Å². The molecule has 1 aromatic rings. The minimum atomic E-state index is -0.972. The van der Waals surface area contributed by atoms with Crippen molar-refractivity contribution in [2.75, 3.05) is 24.6 Å². The number of aliphatic hydroxyl groups is 1. The monoisotopic (exact) mass is 406 g/mol. The second-order valence-electron chi connectivity index (χ2n) is 8.61. The molecule has 1 saturated carbocycles. The second-order valence-corrected chi connectivity index (χ2v) is 8.61. The maximum atomic E-state index is 9.92. The van der Waals surface area contributed by atoms with E-state index < -0.39 is 5.60 Å². The zero-order valence-electron chi connectivity index (χ0n) is 17.1. The van der Waals surface area contributed by atoms with Gasteiger partial charge in [0.15, 0.2) is 0 Å². The first kappa shape index (κ1) is 20.1. The number of allylic oxidation sites excluding steroid dienone is 3. The van der Waals surface area contributed by atoms with E-state index in [0.29, 0.717) is 34.9 Å². The first-order valence-electron chi connectivity index (χ1n) is 9.96. The molecule has 1 unspecified atom stereocenters. The number of piperidine rings is 1. The van der Waals surface area contributed by atoms with Crippen LogP contribution in [0, 0.1) is 28.6 Å². The summed E-state index contributed by atoms with van der Waals surface area (Å²) < 4.78 is 5.70. The number of nitrogens with one attached hydrogen (secondary N) is 2. The number of nitrogens with two attached hydrogens (primary N) is 1. The molecule has 3 aliphatic rings. The van der Waals surface area contributed by atoms with Crippen molar-refractivity contribution < 1.29 is 9.84 Å². The van der Waals surface area contributed by atoms with E-state index in [2.05, 4.69) is 15.2 Å². The Bertz CT molecular complexity index is 968. The fourth-order valence-electron chi connectivity index (χ4n) is 3.92. The third-order valence-corrected chi connectivity index (χ3v) is 5.68. The molecule has 0 radical (unpaired) electrons. The normalized spacial score (nSPS) is 26.6. The van der Waals surface area contributed by atoms with E-state index in [4.69, 9.17) is 15.9 Å². The molecule has 2 fully saturated rings. The van der Waals surface area contributed by atoms with E-state index >= 15 is 0 Å². The van der Waals surface area contributed by atoms with Crippen LogP contribution < -0.4 is 16.0 Å². The summed E-state index contributed by atoms with van der Waals surface area (Å²) in [4.78, 5) is 6.88. The van der Waals surface area contributed by atoms with Crippen LogP contribution >= 0.6 is 0 Å². The van der Waals surface area contributed by atoms with Crippen molar-refractivity contribution in [2.45, 2.75) is 25.5 Å². The van der Waals surface area contributed by atoms with Crippen LogP contribution in [0.3, 0.4) is 0 Å². The Morgan fingerprint density at radius 3 is 2.77 bits per heavy atom. The van der Waals surface area contributed by atoms with Crippen LogP contribution in [0.2, 0.25) is 0 Å². The highest BCUT2D eigenvalue weighted by molar-refractivity contribution is 5.92. The molecule has 2 aliphatic heterocycles. The second kappa shape index (κ2) is 7.59.